The molecule has 2 rings (SSSR count). The van der Waals surface area contributed by atoms with Gasteiger partial charge in [-0.2, -0.15) is 0 Å². The van der Waals surface area contributed by atoms with Gasteiger partial charge in [0.05, 0.1) is 18.9 Å². The van der Waals surface area contributed by atoms with Gasteiger partial charge in [0.1, 0.15) is 5.69 Å². The number of anilines is 1. The molecule has 0 spiro atoms. The average Bonchev–Trinajstić information content (AvgIpc) is 2.82. The number of ether oxygens (including phenoxy) is 1. The first-order valence-electron chi connectivity index (χ1n) is 6.55. The van der Waals surface area contributed by atoms with E-state index in [0.717, 1.165) is 0 Å². The highest BCUT2D eigenvalue weighted by molar-refractivity contribution is 5.96. The number of carboxylic acids is 1. The molecule has 0 saturated heterocycles. The molecule has 0 aromatic carbocycles. The molecule has 20 heavy (non-hydrogen) atoms. The van der Waals surface area contributed by atoms with Crippen molar-refractivity contribution in [2.45, 2.75) is 19.8 Å². The van der Waals surface area contributed by atoms with Gasteiger partial charge in [-0.05, 0) is 30.9 Å². The number of amides is 1. The van der Waals surface area contributed by atoms with E-state index in [0.29, 0.717) is 24.4 Å². The summed E-state index contributed by atoms with van der Waals surface area (Å²) in [6, 6.07) is 3.36. The summed E-state index contributed by atoms with van der Waals surface area (Å²) in [6.45, 7) is 1.97. The summed E-state index contributed by atoms with van der Waals surface area (Å²) >= 11 is 0. The highest BCUT2D eigenvalue weighted by atomic mass is 16.5. The van der Waals surface area contributed by atoms with Gasteiger partial charge in [-0.15, -0.1) is 0 Å². The maximum Gasteiger partial charge on any atom is 0.307 e. The molecule has 1 aliphatic rings. The lowest BCUT2D eigenvalue weighted by atomic mass is 9.95. The Labute approximate surface area is 117 Å². The summed E-state index contributed by atoms with van der Waals surface area (Å²) in [5.41, 5.74) is 0.462. The molecule has 1 aromatic heterocycles. The van der Waals surface area contributed by atoms with Crippen LogP contribution in [0.3, 0.4) is 0 Å². The van der Waals surface area contributed by atoms with Crippen LogP contribution in [0.1, 0.15) is 19.8 Å². The largest absolute Gasteiger partial charge is 0.481 e. The van der Waals surface area contributed by atoms with Crippen LogP contribution < -0.4 is 10.1 Å². The van der Waals surface area contributed by atoms with Gasteiger partial charge in [-0.1, -0.05) is 6.92 Å². The molecular weight excluding hydrogens is 260 g/mol. The average molecular weight is 278 g/mol. The predicted molar refractivity (Wildman–Crippen MR) is 72.4 cm³/mol. The van der Waals surface area contributed by atoms with Crippen LogP contribution in [0.5, 0.6) is 5.88 Å². The second kappa shape index (κ2) is 5.90. The smallest absolute Gasteiger partial charge is 0.307 e. The Kier molecular flexibility index (Phi) is 4.22. The first-order chi connectivity index (χ1) is 9.52. The van der Waals surface area contributed by atoms with Crippen LogP contribution >= 0.6 is 0 Å². The zero-order valence-corrected chi connectivity index (χ0v) is 11.5. The third kappa shape index (κ3) is 2.89. The third-order valence-corrected chi connectivity index (χ3v) is 3.67. The fourth-order valence-electron chi connectivity index (χ4n) is 2.73. The van der Waals surface area contributed by atoms with E-state index in [1.54, 1.807) is 18.3 Å². The summed E-state index contributed by atoms with van der Waals surface area (Å²) in [5.74, 6) is -1.76. The van der Waals surface area contributed by atoms with Gasteiger partial charge in [0.25, 0.3) is 0 Å². The van der Waals surface area contributed by atoms with Crippen molar-refractivity contribution >= 4 is 17.6 Å². The summed E-state index contributed by atoms with van der Waals surface area (Å²) in [6.07, 6.45) is 2.69. The molecular formula is C14H18N2O4. The number of carboxylic acid groups (broad SMARTS) is 1. The van der Waals surface area contributed by atoms with Gasteiger partial charge >= 0.3 is 5.97 Å². The second-order valence-electron chi connectivity index (χ2n) is 5.18. The first-order valence-corrected chi connectivity index (χ1v) is 6.55. The molecule has 1 saturated carbocycles. The fourth-order valence-corrected chi connectivity index (χ4v) is 2.73. The second-order valence-corrected chi connectivity index (χ2v) is 5.18. The number of hydrogen-bond donors (Lipinski definition) is 2. The van der Waals surface area contributed by atoms with E-state index in [2.05, 4.69) is 10.3 Å². The number of methoxy groups -OCH3 is 1. The standard InChI is InChI=1S/C14H18N2O4/c1-8-6-9(10(7-8)14(18)19)12(17)16-11-4-3-5-15-13(11)20-2/h3-5,8-10H,6-7H2,1-2H3,(H,16,17)(H,18,19). The molecule has 0 bridgehead atoms. The number of nitrogens with zero attached hydrogens (tertiary/aromatic N) is 1. The van der Waals surface area contributed by atoms with Crippen LogP contribution in [0.4, 0.5) is 5.69 Å². The number of aliphatic carboxylic acids is 1. The highest BCUT2D eigenvalue weighted by Gasteiger charge is 2.41. The summed E-state index contributed by atoms with van der Waals surface area (Å²) in [5, 5.41) is 11.9. The summed E-state index contributed by atoms with van der Waals surface area (Å²) in [7, 11) is 1.47. The Hall–Kier alpha value is -2.11. The molecule has 6 heteroatoms. The van der Waals surface area contributed by atoms with E-state index in [9.17, 15) is 14.7 Å². The number of pyridine rings is 1. The molecule has 6 nitrogen and oxygen atoms in total. The van der Waals surface area contributed by atoms with Crippen LogP contribution in [-0.2, 0) is 9.59 Å². The van der Waals surface area contributed by atoms with Gasteiger partial charge in [-0.25, -0.2) is 4.98 Å². The van der Waals surface area contributed by atoms with Gasteiger partial charge < -0.3 is 15.2 Å². The van der Waals surface area contributed by atoms with E-state index in [1.165, 1.54) is 7.11 Å². The number of carbonyl (C=O) groups is 2. The van der Waals surface area contributed by atoms with Gasteiger partial charge in [0.15, 0.2) is 0 Å². The molecule has 1 amide bonds. The number of rotatable bonds is 4. The predicted octanol–water partition coefficient (Wildman–Crippen LogP) is 1.78. The van der Waals surface area contributed by atoms with Crippen LogP contribution in [0.25, 0.3) is 0 Å². The van der Waals surface area contributed by atoms with Crippen molar-refractivity contribution in [1.82, 2.24) is 4.98 Å². The molecule has 0 radical (unpaired) electrons. The maximum atomic E-state index is 12.3. The number of aromatic nitrogens is 1. The minimum Gasteiger partial charge on any atom is -0.481 e. The lowest BCUT2D eigenvalue weighted by molar-refractivity contribution is -0.145. The molecule has 2 N–H and O–H groups in total. The van der Waals surface area contributed by atoms with Gasteiger partial charge in [0, 0.05) is 6.20 Å². The van der Waals surface area contributed by atoms with Crippen molar-refractivity contribution in [3.63, 3.8) is 0 Å². The van der Waals surface area contributed by atoms with Crippen LogP contribution in [0, 0.1) is 17.8 Å². The maximum absolute atomic E-state index is 12.3. The Balaban J connectivity index is 2.13. The quantitative estimate of drug-likeness (QED) is 0.876. The Morgan fingerprint density at radius 3 is 2.75 bits per heavy atom. The molecule has 1 heterocycles. The van der Waals surface area contributed by atoms with Crippen molar-refractivity contribution in [2.24, 2.45) is 17.8 Å². The van der Waals surface area contributed by atoms with Crippen LogP contribution in [0.2, 0.25) is 0 Å². The molecule has 1 aromatic rings. The fraction of sp³-hybridized carbons (Fsp3) is 0.500. The SMILES string of the molecule is COc1ncccc1NC(=O)C1CC(C)CC1C(=O)O. The monoisotopic (exact) mass is 278 g/mol. The Bertz CT molecular complexity index is 518. The van der Waals surface area contributed by atoms with Crippen molar-refractivity contribution < 1.29 is 19.4 Å². The highest BCUT2D eigenvalue weighted by Crippen LogP contribution is 2.37. The van der Waals surface area contributed by atoms with Crippen LogP contribution in [0.15, 0.2) is 18.3 Å². The molecule has 3 atom stereocenters. The molecule has 0 aliphatic heterocycles. The van der Waals surface area contributed by atoms with Crippen molar-refractivity contribution in [3.8, 4) is 5.88 Å². The minimum absolute atomic E-state index is 0.239. The van der Waals surface area contributed by atoms with Gasteiger partial charge in [0.2, 0.25) is 11.8 Å². The number of carbonyl (C=O) groups excluding carboxylic acids is 1. The van der Waals surface area contributed by atoms with Crippen molar-refractivity contribution in [3.05, 3.63) is 18.3 Å². The zero-order valence-electron chi connectivity index (χ0n) is 11.5. The third-order valence-electron chi connectivity index (χ3n) is 3.67. The lowest BCUT2D eigenvalue weighted by Crippen LogP contribution is -2.30. The molecule has 1 aliphatic carbocycles. The normalized spacial score (nSPS) is 25.2. The number of hydrogen-bond acceptors (Lipinski definition) is 4. The van der Waals surface area contributed by atoms with E-state index >= 15 is 0 Å². The van der Waals surface area contributed by atoms with Crippen molar-refractivity contribution in [2.75, 3.05) is 12.4 Å². The lowest BCUT2D eigenvalue weighted by Gasteiger charge is -2.16. The first kappa shape index (κ1) is 14.3. The number of nitrogens with one attached hydrogen (secondary N) is 1. The molecule has 3 unspecified atom stereocenters. The topological polar surface area (TPSA) is 88.5 Å². The zero-order chi connectivity index (χ0) is 14.7. The van der Waals surface area contributed by atoms with E-state index < -0.39 is 17.8 Å². The van der Waals surface area contributed by atoms with Crippen molar-refractivity contribution in [1.29, 1.82) is 0 Å². The molecule has 108 valence electrons. The van der Waals surface area contributed by atoms with Crippen LogP contribution in [-0.4, -0.2) is 29.1 Å². The summed E-state index contributed by atoms with van der Waals surface area (Å²) in [4.78, 5) is 27.5. The van der Waals surface area contributed by atoms with E-state index in [1.807, 2.05) is 6.92 Å². The Morgan fingerprint density at radius 2 is 2.10 bits per heavy atom. The van der Waals surface area contributed by atoms with E-state index in [-0.39, 0.29) is 11.8 Å². The molecule has 1 fully saturated rings. The Morgan fingerprint density at radius 1 is 1.40 bits per heavy atom. The van der Waals surface area contributed by atoms with Gasteiger partial charge in [-0.3, -0.25) is 9.59 Å². The summed E-state index contributed by atoms with van der Waals surface area (Å²) < 4.78 is 5.06. The van der Waals surface area contributed by atoms with E-state index in [4.69, 9.17) is 4.74 Å². The minimum atomic E-state index is -0.910.